The zero-order valence-corrected chi connectivity index (χ0v) is 9.98. The second kappa shape index (κ2) is 5.80. The van der Waals surface area contributed by atoms with Crippen molar-refractivity contribution in [3.05, 3.63) is 35.9 Å². The average molecular weight is 234 g/mol. The maximum absolute atomic E-state index is 11.8. The van der Waals surface area contributed by atoms with Crippen molar-refractivity contribution in [3.63, 3.8) is 0 Å². The number of hydroxylamine groups is 1. The van der Waals surface area contributed by atoms with Crippen LogP contribution in [0.25, 0.3) is 0 Å². The highest BCUT2D eigenvalue weighted by atomic mass is 16.6. The van der Waals surface area contributed by atoms with Crippen molar-refractivity contribution in [2.24, 2.45) is 11.8 Å². The minimum atomic E-state index is -0.0292. The van der Waals surface area contributed by atoms with E-state index in [1.165, 1.54) is 0 Å². The Morgan fingerprint density at radius 1 is 1.41 bits per heavy atom. The fraction of sp³-hybridized carbons (Fsp3) is 0.462. The molecule has 0 aromatic heterocycles. The van der Waals surface area contributed by atoms with Crippen LogP contribution >= 0.6 is 0 Å². The van der Waals surface area contributed by atoms with Crippen LogP contribution in [0.15, 0.2) is 30.3 Å². The van der Waals surface area contributed by atoms with Gasteiger partial charge in [-0.2, -0.15) is 0 Å². The average Bonchev–Trinajstić information content (AvgIpc) is 2.77. The van der Waals surface area contributed by atoms with Crippen LogP contribution in [-0.2, 0) is 16.2 Å². The smallest absolute Gasteiger partial charge is 0.248 e. The number of hydrogen-bond donors (Lipinski definition) is 2. The van der Waals surface area contributed by atoms with Crippen LogP contribution in [-0.4, -0.2) is 19.0 Å². The van der Waals surface area contributed by atoms with Crippen LogP contribution in [0, 0.1) is 11.8 Å². The van der Waals surface area contributed by atoms with Gasteiger partial charge in [0, 0.05) is 6.54 Å². The Kier molecular flexibility index (Phi) is 4.12. The number of carbonyl (C=O) groups excluding carboxylic acids is 1. The first-order valence-corrected chi connectivity index (χ1v) is 5.93. The quantitative estimate of drug-likeness (QED) is 0.767. The molecule has 1 aromatic rings. The number of carbonyl (C=O) groups is 1. The molecule has 1 aromatic carbocycles. The van der Waals surface area contributed by atoms with Crippen molar-refractivity contribution in [2.45, 2.75) is 13.5 Å². The van der Waals surface area contributed by atoms with Gasteiger partial charge in [0.05, 0.1) is 12.5 Å². The molecule has 0 spiro atoms. The van der Waals surface area contributed by atoms with Crippen LogP contribution in [0.5, 0.6) is 0 Å². The summed E-state index contributed by atoms with van der Waals surface area (Å²) < 4.78 is 0. The van der Waals surface area contributed by atoms with E-state index in [0.717, 1.165) is 18.7 Å². The van der Waals surface area contributed by atoms with Crippen molar-refractivity contribution in [2.75, 3.05) is 13.1 Å². The molecule has 4 heteroatoms. The zero-order chi connectivity index (χ0) is 12.1. The molecular formula is C13H18N2O2. The highest BCUT2D eigenvalue weighted by Crippen LogP contribution is 2.15. The summed E-state index contributed by atoms with van der Waals surface area (Å²) in [5.41, 5.74) is 3.57. The van der Waals surface area contributed by atoms with Gasteiger partial charge in [-0.3, -0.25) is 9.63 Å². The zero-order valence-electron chi connectivity index (χ0n) is 9.98. The lowest BCUT2D eigenvalue weighted by Crippen LogP contribution is -2.34. The van der Waals surface area contributed by atoms with E-state index in [0.29, 0.717) is 12.5 Å². The van der Waals surface area contributed by atoms with Gasteiger partial charge in [0.15, 0.2) is 0 Å². The van der Waals surface area contributed by atoms with Crippen LogP contribution in [0.2, 0.25) is 0 Å². The first-order valence-electron chi connectivity index (χ1n) is 5.93. The minimum Gasteiger partial charge on any atom is -0.316 e. The SMILES string of the molecule is C[C@@H]1CNC[C@H]1C(=O)NOCc1ccccc1. The highest BCUT2D eigenvalue weighted by molar-refractivity contribution is 5.78. The van der Waals surface area contributed by atoms with Crippen LogP contribution in [0.4, 0.5) is 0 Å². The molecule has 4 nitrogen and oxygen atoms in total. The molecule has 1 amide bonds. The van der Waals surface area contributed by atoms with E-state index in [9.17, 15) is 4.79 Å². The molecule has 0 aliphatic carbocycles. The molecule has 1 aliphatic rings. The Bertz CT molecular complexity index is 367. The van der Waals surface area contributed by atoms with Crippen molar-refractivity contribution in [3.8, 4) is 0 Å². The van der Waals surface area contributed by atoms with E-state index in [-0.39, 0.29) is 11.8 Å². The standard InChI is InChI=1S/C13H18N2O2/c1-10-7-14-8-12(10)13(16)15-17-9-11-5-3-2-4-6-11/h2-6,10,12,14H,7-9H2,1H3,(H,15,16)/t10-,12-/m1/s1. The van der Waals surface area contributed by atoms with Crippen LogP contribution < -0.4 is 10.8 Å². The molecule has 0 radical (unpaired) electrons. The third-order valence-electron chi connectivity index (χ3n) is 3.11. The molecule has 1 fully saturated rings. The monoisotopic (exact) mass is 234 g/mol. The van der Waals surface area contributed by atoms with Crippen LogP contribution in [0.3, 0.4) is 0 Å². The molecule has 1 heterocycles. The van der Waals surface area contributed by atoms with Gasteiger partial charge in [-0.1, -0.05) is 37.3 Å². The minimum absolute atomic E-state index is 0.0192. The van der Waals surface area contributed by atoms with Crippen molar-refractivity contribution in [1.82, 2.24) is 10.8 Å². The number of hydrogen-bond acceptors (Lipinski definition) is 3. The van der Waals surface area contributed by atoms with Gasteiger partial charge in [-0.25, -0.2) is 5.48 Å². The van der Waals surface area contributed by atoms with Gasteiger partial charge in [0.1, 0.15) is 0 Å². The molecule has 2 rings (SSSR count). The van der Waals surface area contributed by atoms with E-state index in [1.54, 1.807) is 0 Å². The van der Waals surface area contributed by atoms with Gasteiger partial charge in [0.25, 0.3) is 0 Å². The second-order valence-corrected chi connectivity index (χ2v) is 4.48. The summed E-state index contributed by atoms with van der Waals surface area (Å²) in [6.45, 7) is 4.11. The van der Waals surface area contributed by atoms with E-state index >= 15 is 0 Å². The number of nitrogens with one attached hydrogen (secondary N) is 2. The second-order valence-electron chi connectivity index (χ2n) is 4.48. The lowest BCUT2D eigenvalue weighted by Gasteiger charge is -2.13. The summed E-state index contributed by atoms with van der Waals surface area (Å²) in [6, 6.07) is 9.78. The van der Waals surface area contributed by atoms with E-state index in [1.807, 2.05) is 30.3 Å². The lowest BCUT2D eigenvalue weighted by atomic mass is 9.98. The Morgan fingerprint density at radius 2 is 2.18 bits per heavy atom. The third kappa shape index (κ3) is 3.28. The first kappa shape index (κ1) is 12.1. The maximum Gasteiger partial charge on any atom is 0.248 e. The molecular weight excluding hydrogens is 216 g/mol. The third-order valence-corrected chi connectivity index (χ3v) is 3.11. The normalized spacial score (nSPS) is 23.6. The van der Waals surface area contributed by atoms with Gasteiger partial charge < -0.3 is 5.32 Å². The van der Waals surface area contributed by atoms with Crippen LogP contribution in [0.1, 0.15) is 12.5 Å². The Balaban J connectivity index is 1.73. The van der Waals surface area contributed by atoms with Gasteiger partial charge in [-0.05, 0) is 18.0 Å². The number of rotatable bonds is 4. The Morgan fingerprint density at radius 3 is 2.82 bits per heavy atom. The van der Waals surface area contributed by atoms with E-state index < -0.39 is 0 Å². The van der Waals surface area contributed by atoms with Crippen molar-refractivity contribution >= 4 is 5.91 Å². The molecule has 0 unspecified atom stereocenters. The van der Waals surface area contributed by atoms with Gasteiger partial charge in [-0.15, -0.1) is 0 Å². The summed E-state index contributed by atoms with van der Waals surface area (Å²) in [7, 11) is 0. The Labute approximate surface area is 101 Å². The predicted molar refractivity (Wildman–Crippen MR) is 64.9 cm³/mol. The molecule has 2 N–H and O–H groups in total. The maximum atomic E-state index is 11.8. The van der Waals surface area contributed by atoms with Crippen molar-refractivity contribution in [1.29, 1.82) is 0 Å². The van der Waals surface area contributed by atoms with Gasteiger partial charge in [0.2, 0.25) is 5.91 Å². The molecule has 1 aliphatic heterocycles. The lowest BCUT2D eigenvalue weighted by molar-refractivity contribution is -0.139. The summed E-state index contributed by atoms with van der Waals surface area (Å²) in [5.74, 6) is 0.361. The fourth-order valence-corrected chi connectivity index (χ4v) is 2.00. The van der Waals surface area contributed by atoms with Crippen molar-refractivity contribution < 1.29 is 9.63 Å². The Hall–Kier alpha value is -1.39. The largest absolute Gasteiger partial charge is 0.316 e. The fourth-order valence-electron chi connectivity index (χ4n) is 2.00. The summed E-state index contributed by atoms with van der Waals surface area (Å²) in [6.07, 6.45) is 0. The molecule has 1 saturated heterocycles. The molecule has 92 valence electrons. The molecule has 17 heavy (non-hydrogen) atoms. The molecule has 0 bridgehead atoms. The first-order chi connectivity index (χ1) is 8.27. The summed E-state index contributed by atoms with van der Waals surface area (Å²) in [4.78, 5) is 17.0. The highest BCUT2D eigenvalue weighted by Gasteiger charge is 2.29. The summed E-state index contributed by atoms with van der Waals surface area (Å²) >= 11 is 0. The van der Waals surface area contributed by atoms with Gasteiger partial charge >= 0.3 is 0 Å². The van der Waals surface area contributed by atoms with E-state index in [2.05, 4.69) is 17.7 Å². The predicted octanol–water partition coefficient (Wildman–Crippen LogP) is 1.09. The molecule has 0 saturated carbocycles. The summed E-state index contributed by atoms with van der Waals surface area (Å²) in [5, 5.41) is 3.19. The number of amides is 1. The number of benzene rings is 1. The molecule has 2 atom stereocenters. The van der Waals surface area contributed by atoms with E-state index in [4.69, 9.17) is 4.84 Å². The topological polar surface area (TPSA) is 50.4 Å².